The number of rotatable bonds is 6. The van der Waals surface area contributed by atoms with Crippen LogP contribution in [0.4, 0.5) is 0 Å². The first-order chi connectivity index (χ1) is 16.6. The second-order valence-electron chi connectivity index (χ2n) is 9.52. The van der Waals surface area contributed by atoms with Gasteiger partial charge in [-0.15, -0.1) is 0 Å². The lowest BCUT2D eigenvalue weighted by molar-refractivity contribution is -0.135. The van der Waals surface area contributed by atoms with Gasteiger partial charge in [0.05, 0.1) is 16.3 Å². The average molecular weight is 495 g/mol. The number of hydrogen-bond donors (Lipinski definition) is 0. The fourth-order valence-electron chi connectivity index (χ4n) is 4.72. The summed E-state index contributed by atoms with van der Waals surface area (Å²) in [7, 11) is -1.74. The van der Waals surface area contributed by atoms with Gasteiger partial charge in [0.25, 0.3) is 0 Å². The molecule has 8 heteroatoms. The Hall–Kier alpha value is -2.97. The summed E-state index contributed by atoms with van der Waals surface area (Å²) in [6.07, 6.45) is 1.04. The molecule has 186 valence electrons. The van der Waals surface area contributed by atoms with E-state index in [0.717, 1.165) is 33.8 Å². The van der Waals surface area contributed by atoms with E-state index in [1.807, 2.05) is 75.8 Å². The van der Waals surface area contributed by atoms with Crippen LogP contribution >= 0.6 is 0 Å². The van der Waals surface area contributed by atoms with Crippen molar-refractivity contribution in [1.82, 2.24) is 19.0 Å². The minimum atomic E-state index is -3.56. The van der Waals surface area contributed by atoms with E-state index in [9.17, 15) is 13.2 Å². The highest BCUT2D eigenvalue weighted by Crippen LogP contribution is 2.27. The number of sulfonamides is 1. The molecule has 1 aromatic heterocycles. The number of hydrogen-bond acceptors (Lipinski definition) is 4. The van der Waals surface area contributed by atoms with Crippen molar-refractivity contribution >= 4 is 15.9 Å². The molecule has 3 aromatic rings. The van der Waals surface area contributed by atoms with Crippen LogP contribution in [0.2, 0.25) is 0 Å². The first kappa shape index (κ1) is 25.1. The summed E-state index contributed by atoms with van der Waals surface area (Å²) in [6.45, 7) is 9.06. The van der Waals surface area contributed by atoms with E-state index >= 15 is 0 Å². The van der Waals surface area contributed by atoms with Crippen molar-refractivity contribution in [3.05, 3.63) is 76.6 Å². The van der Waals surface area contributed by atoms with E-state index in [-0.39, 0.29) is 11.8 Å². The van der Waals surface area contributed by atoms with E-state index in [2.05, 4.69) is 5.10 Å². The summed E-state index contributed by atoms with van der Waals surface area (Å²) < 4.78 is 29.7. The number of benzene rings is 2. The average Bonchev–Trinajstić information content (AvgIpc) is 3.14. The topological polar surface area (TPSA) is 75.5 Å². The molecular formula is C27H34N4O3S. The molecule has 1 aliphatic heterocycles. The maximum absolute atomic E-state index is 13.2. The third-order valence-electron chi connectivity index (χ3n) is 7.13. The Bertz CT molecular complexity index is 1320. The normalized spacial score (nSPS) is 15.3. The van der Waals surface area contributed by atoms with E-state index < -0.39 is 10.0 Å². The van der Waals surface area contributed by atoms with Crippen molar-refractivity contribution in [2.45, 2.75) is 52.0 Å². The molecule has 0 atom stereocenters. The van der Waals surface area contributed by atoms with E-state index in [1.54, 1.807) is 17.0 Å². The van der Waals surface area contributed by atoms with Crippen molar-refractivity contribution in [3.63, 3.8) is 0 Å². The molecule has 0 N–H and O–H groups in total. The van der Waals surface area contributed by atoms with Crippen molar-refractivity contribution in [2.75, 3.05) is 20.1 Å². The summed E-state index contributed by atoms with van der Waals surface area (Å²) in [5.74, 6) is -0.129. The summed E-state index contributed by atoms with van der Waals surface area (Å²) in [4.78, 5) is 15.3. The molecule has 1 aliphatic rings. The molecule has 2 aromatic carbocycles. The lowest BCUT2D eigenvalue weighted by Gasteiger charge is -2.32. The maximum Gasteiger partial charge on any atom is 0.243 e. The smallest absolute Gasteiger partial charge is 0.243 e. The van der Waals surface area contributed by atoms with Crippen LogP contribution in [0.5, 0.6) is 0 Å². The van der Waals surface area contributed by atoms with Crippen LogP contribution in [0.3, 0.4) is 0 Å². The minimum absolute atomic E-state index is 0.0551. The molecule has 1 amide bonds. The number of para-hydroxylation sites is 1. The van der Waals surface area contributed by atoms with Gasteiger partial charge in [0.2, 0.25) is 15.9 Å². The molecule has 0 saturated carbocycles. The number of nitrogens with zero attached hydrogens (tertiary/aromatic N) is 4. The van der Waals surface area contributed by atoms with Gasteiger partial charge in [-0.05, 0) is 75.9 Å². The Labute approximate surface area is 208 Å². The van der Waals surface area contributed by atoms with Crippen LogP contribution in [0.25, 0.3) is 5.69 Å². The number of aryl methyl sites for hydroxylation is 3. The molecule has 0 radical (unpaired) electrons. The highest BCUT2D eigenvalue weighted by molar-refractivity contribution is 7.89. The predicted molar refractivity (Wildman–Crippen MR) is 137 cm³/mol. The zero-order chi connectivity index (χ0) is 25.3. The minimum Gasteiger partial charge on any atom is -0.341 e. The zero-order valence-electron chi connectivity index (χ0n) is 21.2. The standard InChI is InChI=1S/C27H34N4O3S/c1-19-11-12-25(17-20(19)2)35(33,34)30-15-13-23(14-16-30)27(32)29(5)18-26-21(3)28-31(22(26)4)24-9-7-6-8-10-24/h6-12,17,23H,13-16,18H2,1-5H3. The number of carbonyl (C=O) groups excluding carboxylic acids is 1. The van der Waals surface area contributed by atoms with Gasteiger partial charge in [-0.3, -0.25) is 4.79 Å². The third-order valence-corrected chi connectivity index (χ3v) is 9.03. The molecule has 0 aliphatic carbocycles. The fraction of sp³-hybridized carbons (Fsp3) is 0.407. The van der Waals surface area contributed by atoms with Gasteiger partial charge >= 0.3 is 0 Å². The molecule has 0 bridgehead atoms. The van der Waals surface area contributed by atoms with Crippen LogP contribution in [0.15, 0.2) is 53.4 Å². The van der Waals surface area contributed by atoms with Crippen LogP contribution in [-0.4, -0.2) is 53.4 Å². The van der Waals surface area contributed by atoms with E-state index in [0.29, 0.717) is 37.4 Å². The lowest BCUT2D eigenvalue weighted by Crippen LogP contribution is -2.43. The van der Waals surface area contributed by atoms with Gasteiger partial charge in [0.1, 0.15) is 0 Å². The Morgan fingerprint density at radius 3 is 2.29 bits per heavy atom. The molecule has 0 spiro atoms. The first-order valence-electron chi connectivity index (χ1n) is 12.0. The van der Waals surface area contributed by atoms with E-state index in [4.69, 9.17) is 0 Å². The first-order valence-corrected chi connectivity index (χ1v) is 13.5. The maximum atomic E-state index is 13.2. The van der Waals surface area contributed by atoms with Crippen LogP contribution in [0.1, 0.15) is 40.9 Å². The summed E-state index contributed by atoms with van der Waals surface area (Å²) in [6, 6.07) is 15.2. The van der Waals surface area contributed by atoms with Gasteiger partial charge < -0.3 is 4.90 Å². The number of amides is 1. The number of aromatic nitrogens is 2. The van der Waals surface area contributed by atoms with Crippen LogP contribution in [-0.2, 0) is 21.4 Å². The molecule has 1 fully saturated rings. The van der Waals surface area contributed by atoms with Gasteiger partial charge in [-0.25, -0.2) is 13.1 Å². The van der Waals surface area contributed by atoms with Gasteiger partial charge in [0.15, 0.2) is 0 Å². The Balaban J connectivity index is 1.41. The second kappa shape index (κ2) is 9.95. The second-order valence-corrected chi connectivity index (χ2v) is 11.5. The lowest BCUT2D eigenvalue weighted by atomic mass is 9.96. The van der Waals surface area contributed by atoms with Crippen molar-refractivity contribution in [1.29, 1.82) is 0 Å². The number of piperidine rings is 1. The molecule has 4 rings (SSSR count). The quantitative estimate of drug-likeness (QED) is 0.516. The van der Waals surface area contributed by atoms with E-state index in [1.165, 1.54) is 4.31 Å². The van der Waals surface area contributed by atoms with Gasteiger partial charge in [-0.1, -0.05) is 24.3 Å². The summed E-state index contributed by atoms with van der Waals surface area (Å²) in [5.41, 5.74) is 5.98. The molecule has 35 heavy (non-hydrogen) atoms. The van der Waals surface area contributed by atoms with Crippen molar-refractivity contribution < 1.29 is 13.2 Å². The zero-order valence-corrected chi connectivity index (χ0v) is 22.0. The molecule has 2 heterocycles. The monoisotopic (exact) mass is 494 g/mol. The largest absolute Gasteiger partial charge is 0.341 e. The van der Waals surface area contributed by atoms with Gasteiger partial charge in [-0.2, -0.15) is 9.40 Å². The Morgan fingerprint density at radius 1 is 1.00 bits per heavy atom. The highest BCUT2D eigenvalue weighted by atomic mass is 32.2. The van der Waals surface area contributed by atoms with Crippen molar-refractivity contribution in [3.8, 4) is 5.69 Å². The summed E-state index contributed by atoms with van der Waals surface area (Å²) in [5, 5.41) is 4.69. The van der Waals surface area contributed by atoms with Crippen LogP contribution in [0, 0.1) is 33.6 Å². The molecule has 0 unspecified atom stereocenters. The van der Waals surface area contributed by atoms with Gasteiger partial charge in [0, 0.05) is 43.9 Å². The van der Waals surface area contributed by atoms with Crippen LogP contribution < -0.4 is 0 Å². The summed E-state index contributed by atoms with van der Waals surface area (Å²) >= 11 is 0. The van der Waals surface area contributed by atoms with Crippen molar-refractivity contribution in [2.24, 2.45) is 5.92 Å². The highest BCUT2D eigenvalue weighted by Gasteiger charge is 2.33. The predicted octanol–water partition coefficient (Wildman–Crippen LogP) is 4.17. The Kier molecular flexibility index (Phi) is 7.15. The molecular weight excluding hydrogens is 460 g/mol. The SMILES string of the molecule is Cc1ccc(S(=O)(=O)N2CCC(C(=O)N(C)Cc3c(C)nn(-c4ccccc4)c3C)CC2)cc1C. The third kappa shape index (κ3) is 5.04. The number of carbonyl (C=O) groups is 1. The fourth-order valence-corrected chi connectivity index (χ4v) is 6.27. The Morgan fingerprint density at radius 2 is 1.66 bits per heavy atom. The molecule has 7 nitrogen and oxygen atoms in total. The molecule has 1 saturated heterocycles.